The van der Waals surface area contributed by atoms with Crippen molar-refractivity contribution in [3.05, 3.63) is 71.5 Å². The quantitative estimate of drug-likeness (QED) is 0.222. The first-order valence-electron chi connectivity index (χ1n) is 15.0. The molecule has 0 radical (unpaired) electrons. The van der Waals surface area contributed by atoms with Gasteiger partial charge >= 0.3 is 0 Å². The minimum Gasteiger partial charge on any atom is -0.498 e. The average molecular weight is 539 g/mol. The Morgan fingerprint density at radius 2 is 1.87 bits per heavy atom. The lowest BCUT2D eigenvalue weighted by atomic mass is 9.93. The third-order valence-electron chi connectivity index (χ3n) is 7.69. The van der Waals surface area contributed by atoms with Crippen LogP contribution < -0.4 is 0 Å². The molecule has 0 saturated carbocycles. The molecule has 2 atom stereocenters. The Kier molecular flexibility index (Phi) is 13.5. The highest BCUT2D eigenvalue weighted by atomic mass is 16.7. The van der Waals surface area contributed by atoms with Crippen molar-refractivity contribution in [1.82, 2.24) is 9.80 Å². The summed E-state index contributed by atoms with van der Waals surface area (Å²) in [4.78, 5) is 18.0. The predicted molar refractivity (Wildman–Crippen MR) is 159 cm³/mol. The lowest BCUT2D eigenvalue weighted by Gasteiger charge is -2.28. The number of likely N-dealkylation sites (tertiary alicyclic amines) is 1. The Morgan fingerprint density at radius 3 is 2.59 bits per heavy atom. The lowest BCUT2D eigenvalue weighted by molar-refractivity contribution is -0.132. The summed E-state index contributed by atoms with van der Waals surface area (Å²) in [6, 6.07) is 0.381. The Bertz CT molecular complexity index is 951. The molecule has 216 valence electrons. The molecule has 3 aliphatic heterocycles. The zero-order chi connectivity index (χ0) is 27.9. The minimum absolute atomic E-state index is 0.284. The fourth-order valence-corrected chi connectivity index (χ4v) is 5.28. The number of carbonyl (C=O) groups is 1. The van der Waals surface area contributed by atoms with Gasteiger partial charge in [0.2, 0.25) is 12.7 Å². The first-order valence-corrected chi connectivity index (χ1v) is 15.0. The van der Waals surface area contributed by atoms with Crippen LogP contribution in [0.25, 0.3) is 0 Å². The summed E-state index contributed by atoms with van der Waals surface area (Å²) in [7, 11) is 0. The molecule has 0 spiro atoms. The van der Waals surface area contributed by atoms with Crippen LogP contribution in [-0.2, 0) is 19.0 Å². The Labute approximate surface area is 236 Å². The highest BCUT2D eigenvalue weighted by Gasteiger charge is 2.34. The van der Waals surface area contributed by atoms with Crippen molar-refractivity contribution in [2.24, 2.45) is 5.92 Å². The van der Waals surface area contributed by atoms with Gasteiger partial charge in [-0.15, -0.1) is 0 Å². The second-order valence-corrected chi connectivity index (χ2v) is 10.8. The van der Waals surface area contributed by atoms with Crippen molar-refractivity contribution >= 4 is 5.91 Å². The van der Waals surface area contributed by atoms with Gasteiger partial charge in [0.15, 0.2) is 5.76 Å². The van der Waals surface area contributed by atoms with Crippen molar-refractivity contribution in [2.75, 3.05) is 39.6 Å². The Balaban J connectivity index is 1.67. The first-order chi connectivity index (χ1) is 19.0. The Morgan fingerprint density at radius 1 is 1.08 bits per heavy atom. The van der Waals surface area contributed by atoms with E-state index in [1.165, 1.54) is 5.57 Å². The van der Waals surface area contributed by atoms with E-state index in [0.717, 1.165) is 94.9 Å². The maximum absolute atomic E-state index is 13.5. The van der Waals surface area contributed by atoms with E-state index in [1.807, 2.05) is 26.0 Å². The average Bonchev–Trinajstić information content (AvgIpc) is 3.54. The third-order valence-corrected chi connectivity index (χ3v) is 7.69. The van der Waals surface area contributed by atoms with Gasteiger partial charge in [-0.25, -0.2) is 0 Å². The molecule has 1 amide bonds. The molecule has 6 heteroatoms. The second kappa shape index (κ2) is 17.1. The molecule has 0 aromatic heterocycles. The number of hydrogen-bond acceptors (Lipinski definition) is 5. The van der Waals surface area contributed by atoms with E-state index in [1.54, 1.807) is 0 Å². The summed E-state index contributed by atoms with van der Waals surface area (Å²) < 4.78 is 16.5. The van der Waals surface area contributed by atoms with Gasteiger partial charge in [0.1, 0.15) is 5.76 Å². The largest absolute Gasteiger partial charge is 0.498 e. The molecule has 1 fully saturated rings. The summed E-state index contributed by atoms with van der Waals surface area (Å²) in [5, 5.41) is 0. The zero-order valence-electron chi connectivity index (χ0n) is 24.7. The summed E-state index contributed by atoms with van der Waals surface area (Å²) in [6.45, 7) is 12.5. The van der Waals surface area contributed by atoms with Crippen LogP contribution in [0.15, 0.2) is 71.5 Å². The van der Waals surface area contributed by atoms with E-state index in [4.69, 9.17) is 14.2 Å². The van der Waals surface area contributed by atoms with Crippen molar-refractivity contribution in [1.29, 1.82) is 0 Å². The number of ether oxygens (including phenoxy) is 3. The van der Waals surface area contributed by atoms with Crippen LogP contribution in [0.5, 0.6) is 0 Å². The number of unbranched alkanes of at least 4 members (excludes halogenated alkanes) is 2. The molecule has 0 aliphatic carbocycles. The maximum Gasteiger partial charge on any atom is 0.236 e. The third kappa shape index (κ3) is 10.4. The van der Waals surface area contributed by atoms with Gasteiger partial charge in [-0.2, -0.15) is 0 Å². The number of carbonyl (C=O) groups excluding carboxylic acids is 1. The summed E-state index contributed by atoms with van der Waals surface area (Å²) in [6.07, 6.45) is 25.4. The predicted octanol–water partition coefficient (Wildman–Crippen LogP) is 7.04. The summed E-state index contributed by atoms with van der Waals surface area (Å²) in [5.74, 6) is 3.28. The standard InChI is InChI=1S/C33H50N2O4/c1-5-7-20-34(21-8-6-2)33(36)25-35-24-30(29-15-13-14-22-37-27(3)18-19-29)23-31(35)16-11-9-10-12-17-32-28(4)38-26-39-32/h9-10,12-13,15,17-19,30-31H,5-8,11,14,16,20-26H2,1-4H3/b10-9+,15-13+,17-12-,27-18+,29-19+. The van der Waals surface area contributed by atoms with Gasteiger partial charge in [-0.1, -0.05) is 63.1 Å². The summed E-state index contributed by atoms with van der Waals surface area (Å²) >= 11 is 0. The topological polar surface area (TPSA) is 51.2 Å². The number of allylic oxidation sites excluding steroid dienone is 9. The van der Waals surface area contributed by atoms with Crippen LogP contribution in [0.3, 0.4) is 0 Å². The molecule has 0 aromatic carbocycles. The molecular weight excluding hydrogens is 488 g/mol. The molecule has 0 bridgehead atoms. The highest BCUT2D eigenvalue weighted by Crippen LogP contribution is 2.32. The van der Waals surface area contributed by atoms with Crippen LogP contribution >= 0.6 is 0 Å². The van der Waals surface area contributed by atoms with E-state index in [0.29, 0.717) is 25.3 Å². The van der Waals surface area contributed by atoms with Gasteiger partial charge in [0.25, 0.3) is 0 Å². The molecule has 2 unspecified atom stereocenters. The molecule has 0 aromatic rings. The second-order valence-electron chi connectivity index (χ2n) is 10.8. The normalized spacial score (nSPS) is 25.7. The first kappa shape index (κ1) is 30.8. The number of nitrogens with zero attached hydrogens (tertiary/aromatic N) is 2. The van der Waals surface area contributed by atoms with Crippen molar-refractivity contribution < 1.29 is 19.0 Å². The van der Waals surface area contributed by atoms with Crippen LogP contribution in [0.4, 0.5) is 0 Å². The van der Waals surface area contributed by atoms with Crippen molar-refractivity contribution in [3.8, 4) is 0 Å². The fourth-order valence-electron chi connectivity index (χ4n) is 5.28. The fraction of sp³-hybridized carbons (Fsp3) is 0.606. The monoisotopic (exact) mass is 538 g/mol. The van der Waals surface area contributed by atoms with Gasteiger partial charge in [0, 0.05) is 25.7 Å². The molecule has 6 nitrogen and oxygen atoms in total. The zero-order valence-corrected chi connectivity index (χ0v) is 24.7. The molecule has 3 aliphatic rings. The molecule has 39 heavy (non-hydrogen) atoms. The SMILES string of the molecule is CCCCN(CCCC)C(=O)CN1CC(C2=C/C=C(\C)OCC\C=C\2)CC1CC/C=C/C=C\C1=C(C)OCO1. The van der Waals surface area contributed by atoms with E-state index in [9.17, 15) is 4.79 Å². The van der Waals surface area contributed by atoms with E-state index in [2.05, 4.69) is 60.1 Å². The minimum atomic E-state index is 0.284. The van der Waals surface area contributed by atoms with Gasteiger partial charge in [-0.3, -0.25) is 9.69 Å². The smallest absolute Gasteiger partial charge is 0.236 e. The Hall–Kier alpha value is -2.73. The highest BCUT2D eigenvalue weighted by molar-refractivity contribution is 5.78. The molecular formula is C33H50N2O4. The number of hydrogen-bond donors (Lipinski definition) is 0. The van der Waals surface area contributed by atoms with Gasteiger partial charge in [0.05, 0.1) is 18.9 Å². The van der Waals surface area contributed by atoms with Crippen molar-refractivity contribution in [2.45, 2.75) is 85.1 Å². The summed E-state index contributed by atoms with van der Waals surface area (Å²) in [5.41, 5.74) is 1.34. The van der Waals surface area contributed by atoms with Crippen LogP contribution in [0.2, 0.25) is 0 Å². The van der Waals surface area contributed by atoms with Crippen LogP contribution in [-0.4, -0.2) is 61.3 Å². The van der Waals surface area contributed by atoms with Gasteiger partial charge in [-0.05, 0) is 76.0 Å². The van der Waals surface area contributed by atoms with E-state index >= 15 is 0 Å². The van der Waals surface area contributed by atoms with Gasteiger partial charge < -0.3 is 19.1 Å². The number of rotatable bonds is 14. The van der Waals surface area contributed by atoms with Crippen LogP contribution in [0, 0.1) is 5.92 Å². The van der Waals surface area contributed by atoms with Crippen molar-refractivity contribution in [3.63, 3.8) is 0 Å². The maximum atomic E-state index is 13.5. The molecule has 1 saturated heterocycles. The molecule has 0 N–H and O–H groups in total. The van der Waals surface area contributed by atoms with E-state index in [-0.39, 0.29) is 5.91 Å². The molecule has 3 rings (SSSR count). The molecule has 3 heterocycles. The van der Waals surface area contributed by atoms with Crippen LogP contribution in [0.1, 0.15) is 79.1 Å². The number of amides is 1. The lowest BCUT2D eigenvalue weighted by Crippen LogP contribution is -2.43. The van der Waals surface area contributed by atoms with E-state index < -0.39 is 0 Å².